The average Bonchev–Trinajstić information content (AvgIpc) is 3.31. The number of hydrogen-bond acceptors (Lipinski definition) is 7. The number of nitro benzene ring substituents is 1. The van der Waals surface area contributed by atoms with Crippen LogP contribution in [0.3, 0.4) is 0 Å². The molecule has 0 atom stereocenters. The molecule has 3 aromatic rings. The van der Waals surface area contributed by atoms with Crippen LogP contribution in [-0.2, 0) is 11.2 Å². The smallest absolute Gasteiger partial charge is 0.336 e. The van der Waals surface area contributed by atoms with Gasteiger partial charge in [-0.15, -0.1) is 0 Å². The third-order valence-electron chi connectivity index (χ3n) is 5.31. The molecule has 34 heavy (non-hydrogen) atoms. The van der Waals surface area contributed by atoms with Crippen molar-refractivity contribution in [2.24, 2.45) is 0 Å². The van der Waals surface area contributed by atoms with Crippen molar-refractivity contribution in [1.82, 2.24) is 0 Å². The summed E-state index contributed by atoms with van der Waals surface area (Å²) in [6.45, 7) is 0.0101. The summed E-state index contributed by atoms with van der Waals surface area (Å²) in [7, 11) is 1.49. The van der Waals surface area contributed by atoms with Crippen molar-refractivity contribution < 1.29 is 33.8 Å². The fourth-order valence-corrected chi connectivity index (χ4v) is 3.66. The molecule has 1 aliphatic heterocycles. The second-order valence-electron chi connectivity index (χ2n) is 7.39. The lowest BCUT2D eigenvalue weighted by atomic mass is 9.89. The summed E-state index contributed by atoms with van der Waals surface area (Å²) in [4.78, 5) is 36.7. The van der Waals surface area contributed by atoms with E-state index in [1.807, 2.05) is 0 Å². The number of ketones is 1. The molecule has 1 N–H and O–H groups in total. The molecule has 0 radical (unpaired) electrons. The molecule has 0 fully saturated rings. The molecule has 0 saturated heterocycles. The lowest BCUT2D eigenvalue weighted by molar-refractivity contribution is -0.384. The number of rotatable bonds is 8. The molecule has 4 rings (SSSR count). The van der Waals surface area contributed by atoms with Crippen LogP contribution in [0.1, 0.15) is 21.5 Å². The molecule has 1 aliphatic rings. The molecule has 0 saturated carbocycles. The highest BCUT2D eigenvalue weighted by Crippen LogP contribution is 2.36. The maximum Gasteiger partial charge on any atom is 0.336 e. The quantitative estimate of drug-likeness (QED) is 0.228. The van der Waals surface area contributed by atoms with Crippen molar-refractivity contribution in [3.05, 3.63) is 99.1 Å². The molecule has 3 aromatic carbocycles. The van der Waals surface area contributed by atoms with Gasteiger partial charge in [-0.3, -0.25) is 14.9 Å². The van der Waals surface area contributed by atoms with E-state index < -0.39 is 16.7 Å². The van der Waals surface area contributed by atoms with E-state index >= 15 is 0 Å². The normalized spacial score (nSPS) is 12.6. The Hall–Kier alpha value is -4.66. The Morgan fingerprint density at radius 1 is 1.00 bits per heavy atom. The average molecular weight is 461 g/mol. The van der Waals surface area contributed by atoms with E-state index in [4.69, 9.17) is 14.2 Å². The molecule has 0 unspecified atom stereocenters. The molecule has 0 amide bonds. The Labute approximate surface area is 194 Å². The zero-order valence-electron chi connectivity index (χ0n) is 18.0. The molecule has 0 spiro atoms. The van der Waals surface area contributed by atoms with Crippen molar-refractivity contribution in [1.29, 1.82) is 0 Å². The van der Waals surface area contributed by atoms with E-state index in [0.29, 0.717) is 22.8 Å². The minimum atomic E-state index is -1.32. The first-order valence-electron chi connectivity index (χ1n) is 10.2. The van der Waals surface area contributed by atoms with E-state index in [1.54, 1.807) is 24.3 Å². The van der Waals surface area contributed by atoms with Crippen LogP contribution in [0.25, 0.3) is 5.57 Å². The predicted octanol–water partition coefficient (Wildman–Crippen LogP) is 4.30. The number of nitro groups is 1. The molecule has 172 valence electrons. The van der Waals surface area contributed by atoms with Gasteiger partial charge in [0.15, 0.2) is 17.3 Å². The zero-order chi connectivity index (χ0) is 24.2. The number of allylic oxidation sites excluding steroid dienone is 1. The van der Waals surface area contributed by atoms with Gasteiger partial charge in [0, 0.05) is 29.7 Å². The maximum atomic E-state index is 13.6. The molecule has 1 heterocycles. The zero-order valence-corrected chi connectivity index (χ0v) is 18.0. The van der Waals surface area contributed by atoms with Crippen LogP contribution in [0, 0.1) is 10.1 Å². The third kappa shape index (κ3) is 4.58. The number of hydrogen-bond donors (Lipinski definition) is 1. The van der Waals surface area contributed by atoms with Crippen molar-refractivity contribution in [3.8, 4) is 17.2 Å². The minimum Gasteiger partial charge on any atom is -0.497 e. The Morgan fingerprint density at radius 2 is 1.71 bits per heavy atom. The Kier molecular flexibility index (Phi) is 6.26. The molecule has 9 nitrogen and oxygen atoms in total. The number of carboxylic acids is 1. The van der Waals surface area contributed by atoms with Crippen molar-refractivity contribution in [3.63, 3.8) is 0 Å². The van der Waals surface area contributed by atoms with Crippen molar-refractivity contribution in [2.75, 3.05) is 13.9 Å². The fourth-order valence-electron chi connectivity index (χ4n) is 3.66. The molecular formula is C25H19NO8. The molecule has 9 heteroatoms. The summed E-state index contributed by atoms with van der Waals surface area (Å²) in [6, 6.07) is 16.6. The van der Waals surface area contributed by atoms with E-state index in [2.05, 4.69) is 0 Å². The number of ether oxygens (including phenoxy) is 3. The van der Waals surface area contributed by atoms with Gasteiger partial charge in [0.05, 0.1) is 17.6 Å². The summed E-state index contributed by atoms with van der Waals surface area (Å²) in [5.74, 6) is -0.474. The summed E-state index contributed by atoms with van der Waals surface area (Å²) in [6.07, 6.45) is -0.136. The first-order chi connectivity index (χ1) is 16.4. The van der Waals surface area contributed by atoms with Gasteiger partial charge in [-0.05, 0) is 47.5 Å². The maximum absolute atomic E-state index is 13.6. The summed E-state index contributed by atoms with van der Waals surface area (Å²) < 4.78 is 15.8. The Balaban J connectivity index is 1.87. The van der Waals surface area contributed by atoms with Crippen LogP contribution < -0.4 is 14.2 Å². The predicted molar refractivity (Wildman–Crippen MR) is 121 cm³/mol. The Morgan fingerprint density at radius 3 is 2.38 bits per heavy atom. The van der Waals surface area contributed by atoms with Gasteiger partial charge in [0.1, 0.15) is 5.75 Å². The molecule has 0 aromatic heterocycles. The number of methoxy groups -OCH3 is 1. The van der Waals surface area contributed by atoms with Gasteiger partial charge in [0.25, 0.3) is 5.69 Å². The fraction of sp³-hybridized carbons (Fsp3) is 0.120. The first kappa shape index (κ1) is 22.5. The van der Waals surface area contributed by atoms with Crippen LogP contribution in [0.15, 0.2) is 72.3 Å². The highest BCUT2D eigenvalue weighted by Gasteiger charge is 2.26. The number of carbonyl (C=O) groups is 2. The van der Waals surface area contributed by atoms with Gasteiger partial charge >= 0.3 is 5.97 Å². The van der Waals surface area contributed by atoms with Crippen LogP contribution in [-0.4, -0.2) is 35.7 Å². The van der Waals surface area contributed by atoms with Gasteiger partial charge in [0.2, 0.25) is 6.79 Å². The first-order valence-corrected chi connectivity index (χ1v) is 10.2. The number of Topliss-reactive ketones (excluding diaryl/α,β-unsaturated/α-hetero) is 1. The topological polar surface area (TPSA) is 125 Å². The van der Waals surface area contributed by atoms with Gasteiger partial charge in [-0.1, -0.05) is 18.2 Å². The van der Waals surface area contributed by atoms with E-state index in [9.17, 15) is 24.8 Å². The number of non-ortho nitro benzene ring substituents is 1. The number of carboxylic acid groups (broad SMARTS) is 1. The van der Waals surface area contributed by atoms with Gasteiger partial charge < -0.3 is 19.3 Å². The van der Waals surface area contributed by atoms with Crippen molar-refractivity contribution >= 4 is 23.0 Å². The lowest BCUT2D eigenvalue weighted by Crippen LogP contribution is -2.14. The highest BCUT2D eigenvalue weighted by molar-refractivity contribution is 6.26. The number of aliphatic carboxylic acids is 1. The number of fused-ring (bicyclic) bond motifs is 1. The van der Waals surface area contributed by atoms with E-state index in [0.717, 1.165) is 0 Å². The van der Waals surface area contributed by atoms with Crippen LogP contribution in [0.5, 0.6) is 17.2 Å². The number of nitrogens with zero attached hydrogens (tertiary/aromatic N) is 1. The summed E-state index contributed by atoms with van der Waals surface area (Å²) >= 11 is 0. The second-order valence-corrected chi connectivity index (χ2v) is 7.39. The largest absolute Gasteiger partial charge is 0.497 e. The molecular weight excluding hydrogens is 442 g/mol. The molecule has 0 bridgehead atoms. The summed E-state index contributed by atoms with van der Waals surface area (Å²) in [5, 5.41) is 21.4. The second kappa shape index (κ2) is 9.45. The summed E-state index contributed by atoms with van der Waals surface area (Å²) in [5.41, 5.74) is 0.502. The SMILES string of the molecule is COc1ccc(C(=O)/C(Cc2cccc([N+](=O)[O-])c2)=C(\C(=O)O)c2ccc3c(c2)OCO3)cc1. The van der Waals surface area contributed by atoms with Crippen LogP contribution in [0.2, 0.25) is 0 Å². The van der Waals surface area contributed by atoms with Gasteiger partial charge in [-0.2, -0.15) is 0 Å². The van der Waals surface area contributed by atoms with Crippen LogP contribution >= 0.6 is 0 Å². The van der Waals surface area contributed by atoms with E-state index in [1.165, 1.54) is 49.6 Å². The lowest BCUT2D eigenvalue weighted by Gasteiger charge is -2.14. The highest BCUT2D eigenvalue weighted by atomic mass is 16.7. The molecule has 0 aliphatic carbocycles. The van der Waals surface area contributed by atoms with Crippen molar-refractivity contribution in [2.45, 2.75) is 6.42 Å². The number of carbonyl (C=O) groups excluding carboxylic acids is 1. The number of benzene rings is 3. The Bertz CT molecular complexity index is 1310. The van der Waals surface area contributed by atoms with Crippen LogP contribution in [0.4, 0.5) is 5.69 Å². The monoisotopic (exact) mass is 461 g/mol. The standard InChI is InChI=1S/C25H19NO8/c1-32-19-8-5-16(6-9-19)24(27)20(12-15-3-2-4-18(11-15)26(30)31)23(25(28)29)17-7-10-21-22(13-17)34-14-33-21/h2-11,13H,12,14H2,1H3,(H,28,29)/b23-20-. The minimum absolute atomic E-state index is 0.0101. The third-order valence-corrected chi connectivity index (χ3v) is 5.31. The van der Waals surface area contributed by atoms with Gasteiger partial charge in [-0.25, -0.2) is 4.79 Å². The van der Waals surface area contributed by atoms with E-state index in [-0.39, 0.29) is 41.2 Å².